The number of rotatable bonds is 1. The highest BCUT2D eigenvalue weighted by Crippen LogP contribution is 2.33. The van der Waals surface area contributed by atoms with Gasteiger partial charge in [-0.2, -0.15) is 13.2 Å². The number of nitrogens with two attached hydrogens (primary N) is 1. The summed E-state index contributed by atoms with van der Waals surface area (Å²) in [7, 11) is 0. The van der Waals surface area contributed by atoms with Crippen LogP contribution in [0, 0.1) is 0 Å². The summed E-state index contributed by atoms with van der Waals surface area (Å²) in [6, 6.07) is 2.23. The lowest BCUT2D eigenvalue weighted by molar-refractivity contribution is -0.141. The van der Waals surface area contributed by atoms with Crippen molar-refractivity contribution in [3.8, 4) is 0 Å². The summed E-state index contributed by atoms with van der Waals surface area (Å²) in [5.74, 6) is 0.193. The molecule has 100 valence electrons. The Morgan fingerprint density at radius 3 is 2.44 bits per heavy atom. The summed E-state index contributed by atoms with van der Waals surface area (Å²) in [6.07, 6.45) is -2.99. The summed E-state index contributed by atoms with van der Waals surface area (Å²) in [5, 5.41) is 0.235. The van der Waals surface area contributed by atoms with E-state index in [9.17, 15) is 13.2 Å². The van der Waals surface area contributed by atoms with Gasteiger partial charge >= 0.3 is 6.18 Å². The normalized spacial score (nSPS) is 18.2. The number of halogens is 4. The zero-order valence-electron chi connectivity index (χ0n) is 9.54. The Balaban J connectivity index is 2.27. The second-order valence-electron chi connectivity index (χ2n) is 4.32. The predicted molar refractivity (Wildman–Crippen MR) is 63.7 cm³/mol. The number of pyridine rings is 1. The van der Waals surface area contributed by atoms with Crippen molar-refractivity contribution in [2.75, 3.05) is 18.0 Å². The molecule has 2 rings (SSSR count). The molecule has 3 nitrogen and oxygen atoms in total. The maximum atomic E-state index is 12.6. The van der Waals surface area contributed by atoms with E-state index in [1.165, 1.54) is 6.07 Å². The van der Waals surface area contributed by atoms with Crippen LogP contribution in [0.2, 0.25) is 5.02 Å². The first-order valence-corrected chi connectivity index (χ1v) is 6.00. The molecular weight excluding hydrogens is 267 g/mol. The highest BCUT2D eigenvalue weighted by Gasteiger charge is 2.33. The van der Waals surface area contributed by atoms with Gasteiger partial charge in [0.2, 0.25) is 0 Å². The Morgan fingerprint density at radius 1 is 1.28 bits per heavy atom. The number of nitrogens with zero attached hydrogens (tertiary/aromatic N) is 2. The average Bonchev–Trinajstić information content (AvgIpc) is 2.29. The molecule has 0 saturated carbocycles. The lowest BCUT2D eigenvalue weighted by Gasteiger charge is -2.31. The number of anilines is 1. The molecule has 1 fully saturated rings. The molecule has 18 heavy (non-hydrogen) atoms. The fraction of sp³-hybridized carbons (Fsp3) is 0.545. The topological polar surface area (TPSA) is 42.1 Å². The van der Waals surface area contributed by atoms with Crippen LogP contribution in [0.15, 0.2) is 12.1 Å². The molecule has 0 amide bonds. The summed E-state index contributed by atoms with van der Waals surface area (Å²) >= 11 is 5.91. The van der Waals surface area contributed by atoms with E-state index in [0.29, 0.717) is 13.1 Å². The van der Waals surface area contributed by atoms with Crippen molar-refractivity contribution in [3.63, 3.8) is 0 Å². The molecule has 0 spiro atoms. The number of hydrogen-bond donors (Lipinski definition) is 1. The average molecular weight is 280 g/mol. The molecule has 0 unspecified atom stereocenters. The van der Waals surface area contributed by atoms with Crippen LogP contribution in [0.3, 0.4) is 0 Å². The largest absolute Gasteiger partial charge is 0.433 e. The molecule has 1 aliphatic heterocycles. The molecule has 0 bridgehead atoms. The van der Waals surface area contributed by atoms with Crippen LogP contribution in [-0.4, -0.2) is 24.1 Å². The van der Waals surface area contributed by atoms with Crippen molar-refractivity contribution >= 4 is 17.4 Å². The van der Waals surface area contributed by atoms with Gasteiger partial charge in [-0.25, -0.2) is 4.98 Å². The maximum Gasteiger partial charge on any atom is 0.433 e. The van der Waals surface area contributed by atoms with E-state index in [-0.39, 0.29) is 16.9 Å². The smallest absolute Gasteiger partial charge is 0.355 e. The van der Waals surface area contributed by atoms with Crippen molar-refractivity contribution in [3.05, 3.63) is 22.8 Å². The molecule has 0 atom stereocenters. The van der Waals surface area contributed by atoms with Crippen LogP contribution in [-0.2, 0) is 6.18 Å². The first-order valence-electron chi connectivity index (χ1n) is 5.62. The third kappa shape index (κ3) is 2.87. The second kappa shape index (κ2) is 4.93. The minimum atomic E-state index is -4.45. The molecule has 1 aromatic rings. The lowest BCUT2D eigenvalue weighted by atomic mass is 10.1. The zero-order valence-corrected chi connectivity index (χ0v) is 10.3. The van der Waals surface area contributed by atoms with Crippen LogP contribution in [0.1, 0.15) is 18.5 Å². The van der Waals surface area contributed by atoms with Crippen molar-refractivity contribution < 1.29 is 13.2 Å². The highest BCUT2D eigenvalue weighted by molar-refractivity contribution is 6.32. The molecule has 7 heteroatoms. The van der Waals surface area contributed by atoms with Crippen LogP contribution in [0.5, 0.6) is 0 Å². The molecular formula is C11H13ClF3N3. The van der Waals surface area contributed by atoms with E-state index >= 15 is 0 Å². The summed E-state index contributed by atoms with van der Waals surface area (Å²) in [6.45, 7) is 1.16. The standard InChI is InChI=1S/C11H13ClF3N3/c12-8-1-2-9(11(13,14)15)17-10(8)18-5-3-7(16)4-6-18/h1-2,7H,3-6,16H2. The Kier molecular flexibility index (Phi) is 3.68. The number of alkyl halides is 3. The van der Waals surface area contributed by atoms with Gasteiger partial charge in [-0.1, -0.05) is 11.6 Å². The summed E-state index contributed by atoms with van der Waals surface area (Å²) in [4.78, 5) is 5.37. The van der Waals surface area contributed by atoms with Gasteiger partial charge in [0, 0.05) is 19.1 Å². The number of piperidine rings is 1. The summed E-state index contributed by atoms with van der Waals surface area (Å²) in [5.41, 5.74) is 4.83. The van der Waals surface area contributed by atoms with Gasteiger partial charge in [0.1, 0.15) is 11.5 Å². The Labute approximate surface area is 108 Å². The van der Waals surface area contributed by atoms with Crippen molar-refractivity contribution in [1.82, 2.24) is 4.98 Å². The first-order chi connectivity index (χ1) is 8.38. The van der Waals surface area contributed by atoms with E-state index in [1.54, 1.807) is 4.90 Å². The van der Waals surface area contributed by atoms with Crippen LogP contribution < -0.4 is 10.6 Å². The van der Waals surface area contributed by atoms with Gasteiger partial charge in [-0.3, -0.25) is 0 Å². The Morgan fingerprint density at radius 2 is 1.89 bits per heavy atom. The molecule has 0 aromatic carbocycles. The molecule has 1 aromatic heterocycles. The van der Waals surface area contributed by atoms with Gasteiger partial charge in [-0.05, 0) is 25.0 Å². The monoisotopic (exact) mass is 279 g/mol. The van der Waals surface area contributed by atoms with Gasteiger partial charge in [0.15, 0.2) is 0 Å². The quantitative estimate of drug-likeness (QED) is 0.859. The van der Waals surface area contributed by atoms with Crippen LogP contribution >= 0.6 is 11.6 Å². The van der Waals surface area contributed by atoms with E-state index in [0.717, 1.165) is 18.9 Å². The Hall–Kier alpha value is -1.01. The Bertz CT molecular complexity index is 428. The SMILES string of the molecule is NC1CCN(c2nc(C(F)(F)F)ccc2Cl)CC1. The lowest BCUT2D eigenvalue weighted by Crippen LogP contribution is -2.40. The predicted octanol–water partition coefficient (Wildman–Crippen LogP) is 2.68. The highest BCUT2D eigenvalue weighted by atomic mass is 35.5. The number of hydrogen-bond acceptors (Lipinski definition) is 3. The molecule has 2 N–H and O–H groups in total. The van der Waals surface area contributed by atoms with Crippen LogP contribution in [0.4, 0.5) is 19.0 Å². The fourth-order valence-electron chi connectivity index (χ4n) is 1.92. The molecule has 1 saturated heterocycles. The molecule has 2 heterocycles. The number of aromatic nitrogens is 1. The van der Waals surface area contributed by atoms with Gasteiger partial charge < -0.3 is 10.6 Å². The minimum Gasteiger partial charge on any atom is -0.355 e. The van der Waals surface area contributed by atoms with E-state index in [4.69, 9.17) is 17.3 Å². The third-order valence-electron chi connectivity index (χ3n) is 2.96. The van der Waals surface area contributed by atoms with E-state index in [2.05, 4.69) is 4.98 Å². The minimum absolute atomic E-state index is 0.103. The molecule has 0 aliphatic carbocycles. The summed E-state index contributed by atoms with van der Waals surface area (Å²) < 4.78 is 37.8. The van der Waals surface area contributed by atoms with Crippen molar-refractivity contribution in [2.24, 2.45) is 5.73 Å². The fourth-order valence-corrected chi connectivity index (χ4v) is 2.15. The molecule has 1 aliphatic rings. The second-order valence-corrected chi connectivity index (χ2v) is 4.73. The van der Waals surface area contributed by atoms with Gasteiger partial charge in [0.25, 0.3) is 0 Å². The van der Waals surface area contributed by atoms with E-state index in [1.807, 2.05) is 0 Å². The van der Waals surface area contributed by atoms with E-state index < -0.39 is 11.9 Å². The zero-order chi connectivity index (χ0) is 13.3. The van der Waals surface area contributed by atoms with Gasteiger partial charge in [-0.15, -0.1) is 0 Å². The molecule has 0 radical (unpaired) electrons. The third-order valence-corrected chi connectivity index (χ3v) is 3.25. The first kappa shape index (κ1) is 13.4. The van der Waals surface area contributed by atoms with Crippen LogP contribution in [0.25, 0.3) is 0 Å². The maximum absolute atomic E-state index is 12.6. The van der Waals surface area contributed by atoms with Crippen molar-refractivity contribution in [2.45, 2.75) is 25.1 Å². The van der Waals surface area contributed by atoms with Gasteiger partial charge in [0.05, 0.1) is 5.02 Å². The van der Waals surface area contributed by atoms with Crippen molar-refractivity contribution in [1.29, 1.82) is 0 Å².